The van der Waals surface area contributed by atoms with Gasteiger partial charge in [-0.3, -0.25) is 10.1 Å². The number of nitro benzene ring substituents is 1. The number of nitro groups is 1. The van der Waals surface area contributed by atoms with Crippen LogP contribution in [0.2, 0.25) is 0 Å². The molecule has 0 fully saturated rings. The van der Waals surface area contributed by atoms with Crippen molar-refractivity contribution in [3.63, 3.8) is 0 Å². The lowest BCUT2D eigenvalue weighted by molar-refractivity contribution is -0.385. The maximum Gasteiger partial charge on any atom is 0.272 e. The van der Waals surface area contributed by atoms with E-state index in [-0.39, 0.29) is 17.4 Å². The molecule has 0 aromatic heterocycles. The Hall–Kier alpha value is -1.34. The maximum atomic E-state index is 10.8. The van der Waals surface area contributed by atoms with Crippen molar-refractivity contribution in [1.82, 2.24) is 0 Å². The van der Waals surface area contributed by atoms with Crippen molar-refractivity contribution in [3.05, 3.63) is 33.9 Å². The van der Waals surface area contributed by atoms with E-state index in [1.165, 1.54) is 6.07 Å². The van der Waals surface area contributed by atoms with Crippen molar-refractivity contribution in [2.45, 2.75) is 26.7 Å². The SMILES string of the molecule is Cc1cc(OCCC(C)CCS(=O)(=O)Cl)ccc1[N+](=O)[O-]. The van der Waals surface area contributed by atoms with Gasteiger partial charge in [-0.05, 0) is 37.8 Å². The first-order valence-electron chi connectivity index (χ1n) is 6.49. The second-order valence-corrected chi connectivity index (χ2v) is 7.88. The number of aryl methyl sites for hydroxylation is 1. The van der Waals surface area contributed by atoms with E-state index in [0.29, 0.717) is 30.8 Å². The van der Waals surface area contributed by atoms with Gasteiger partial charge in [-0.15, -0.1) is 0 Å². The van der Waals surface area contributed by atoms with E-state index in [9.17, 15) is 18.5 Å². The Morgan fingerprint density at radius 1 is 1.38 bits per heavy atom. The molecule has 8 heteroatoms. The van der Waals surface area contributed by atoms with Crippen LogP contribution in [0.1, 0.15) is 25.3 Å². The van der Waals surface area contributed by atoms with Crippen LogP contribution >= 0.6 is 10.7 Å². The zero-order valence-corrected chi connectivity index (χ0v) is 13.5. The fraction of sp³-hybridized carbons (Fsp3) is 0.538. The van der Waals surface area contributed by atoms with Crippen molar-refractivity contribution in [2.24, 2.45) is 5.92 Å². The number of benzene rings is 1. The summed E-state index contributed by atoms with van der Waals surface area (Å²) in [4.78, 5) is 10.3. The summed E-state index contributed by atoms with van der Waals surface area (Å²) in [6.45, 7) is 3.99. The highest BCUT2D eigenvalue weighted by molar-refractivity contribution is 8.13. The molecule has 118 valence electrons. The third-order valence-corrected chi connectivity index (χ3v) is 4.29. The molecule has 1 atom stereocenters. The molecule has 0 aliphatic carbocycles. The van der Waals surface area contributed by atoms with Gasteiger partial charge >= 0.3 is 0 Å². The van der Waals surface area contributed by atoms with Gasteiger partial charge in [-0.1, -0.05) is 6.92 Å². The minimum atomic E-state index is -3.45. The fourth-order valence-corrected chi connectivity index (χ4v) is 2.74. The van der Waals surface area contributed by atoms with E-state index >= 15 is 0 Å². The van der Waals surface area contributed by atoms with Gasteiger partial charge in [0.2, 0.25) is 9.05 Å². The Morgan fingerprint density at radius 2 is 2.05 bits per heavy atom. The van der Waals surface area contributed by atoms with Gasteiger partial charge in [0.25, 0.3) is 5.69 Å². The van der Waals surface area contributed by atoms with E-state index in [4.69, 9.17) is 15.4 Å². The molecule has 0 N–H and O–H groups in total. The van der Waals surface area contributed by atoms with Gasteiger partial charge < -0.3 is 4.74 Å². The zero-order chi connectivity index (χ0) is 16.0. The molecule has 0 bridgehead atoms. The van der Waals surface area contributed by atoms with Crippen molar-refractivity contribution in [1.29, 1.82) is 0 Å². The summed E-state index contributed by atoms with van der Waals surface area (Å²) in [5.74, 6) is 0.680. The van der Waals surface area contributed by atoms with Crippen LogP contribution < -0.4 is 4.74 Å². The summed E-state index contributed by atoms with van der Waals surface area (Å²) in [5.41, 5.74) is 0.599. The monoisotopic (exact) mass is 335 g/mol. The van der Waals surface area contributed by atoms with E-state index in [1.807, 2.05) is 6.92 Å². The van der Waals surface area contributed by atoms with Crippen LogP contribution in [-0.2, 0) is 9.05 Å². The molecule has 0 spiro atoms. The lowest BCUT2D eigenvalue weighted by Crippen LogP contribution is -2.08. The molecular formula is C13H18ClNO5S. The van der Waals surface area contributed by atoms with Crippen LogP contribution in [-0.4, -0.2) is 25.7 Å². The molecule has 1 rings (SSSR count). The molecule has 0 radical (unpaired) electrons. The molecule has 0 aliphatic heterocycles. The smallest absolute Gasteiger partial charge is 0.272 e. The number of ether oxygens (including phenoxy) is 1. The second-order valence-electron chi connectivity index (χ2n) is 4.98. The number of hydrogen-bond donors (Lipinski definition) is 0. The van der Waals surface area contributed by atoms with E-state index < -0.39 is 14.0 Å². The first-order chi connectivity index (χ1) is 9.69. The minimum absolute atomic E-state index is 0.0492. The first-order valence-corrected chi connectivity index (χ1v) is 8.97. The van der Waals surface area contributed by atoms with Crippen molar-refractivity contribution in [2.75, 3.05) is 12.4 Å². The normalized spacial score (nSPS) is 12.9. The van der Waals surface area contributed by atoms with Gasteiger partial charge in [0, 0.05) is 22.3 Å². The van der Waals surface area contributed by atoms with Crippen LogP contribution in [0.15, 0.2) is 18.2 Å². The minimum Gasteiger partial charge on any atom is -0.494 e. The van der Waals surface area contributed by atoms with E-state index in [2.05, 4.69) is 0 Å². The molecule has 0 saturated carbocycles. The average molecular weight is 336 g/mol. The Balaban J connectivity index is 2.42. The number of rotatable bonds is 8. The van der Waals surface area contributed by atoms with Crippen LogP contribution in [0.4, 0.5) is 5.69 Å². The second kappa shape index (κ2) is 7.61. The molecular weight excluding hydrogens is 318 g/mol. The standard InChI is InChI=1S/C13H18ClNO5S/c1-10(6-8-21(14,18)19)5-7-20-12-3-4-13(15(16)17)11(2)9-12/h3-4,9-10H,5-8H2,1-2H3. The maximum absolute atomic E-state index is 10.8. The van der Waals surface area contributed by atoms with Crippen molar-refractivity contribution >= 4 is 25.4 Å². The van der Waals surface area contributed by atoms with Crippen LogP contribution in [0.5, 0.6) is 5.75 Å². The molecule has 1 aromatic rings. The molecule has 1 aromatic carbocycles. The van der Waals surface area contributed by atoms with Gasteiger partial charge in [0.15, 0.2) is 0 Å². The molecule has 0 heterocycles. The molecule has 0 amide bonds. The molecule has 0 aliphatic rings. The molecule has 1 unspecified atom stereocenters. The van der Waals surface area contributed by atoms with Gasteiger partial charge in [0.1, 0.15) is 5.75 Å². The molecule has 0 saturated heterocycles. The Bertz CT molecular complexity index is 603. The summed E-state index contributed by atoms with van der Waals surface area (Å²) < 4.78 is 27.2. The lowest BCUT2D eigenvalue weighted by Gasteiger charge is -2.11. The number of hydrogen-bond acceptors (Lipinski definition) is 5. The fourth-order valence-electron chi connectivity index (χ4n) is 1.79. The van der Waals surface area contributed by atoms with Gasteiger partial charge in [-0.2, -0.15) is 0 Å². The average Bonchev–Trinajstić information content (AvgIpc) is 2.35. The van der Waals surface area contributed by atoms with Gasteiger partial charge in [0.05, 0.1) is 17.3 Å². The largest absolute Gasteiger partial charge is 0.494 e. The zero-order valence-electron chi connectivity index (χ0n) is 11.9. The predicted molar refractivity (Wildman–Crippen MR) is 81.4 cm³/mol. The van der Waals surface area contributed by atoms with Crippen molar-refractivity contribution < 1.29 is 18.1 Å². The Labute approximate surface area is 128 Å². The summed E-state index contributed by atoms with van der Waals surface area (Å²) in [6, 6.07) is 4.58. The summed E-state index contributed by atoms with van der Waals surface area (Å²) in [7, 11) is 1.70. The predicted octanol–water partition coefficient (Wildman–Crippen LogP) is 3.27. The summed E-state index contributed by atoms with van der Waals surface area (Å²) in [6.07, 6.45) is 1.16. The Morgan fingerprint density at radius 3 is 2.57 bits per heavy atom. The third kappa shape index (κ3) is 6.77. The molecule has 6 nitrogen and oxygen atoms in total. The first kappa shape index (κ1) is 17.7. The topological polar surface area (TPSA) is 86.5 Å². The van der Waals surface area contributed by atoms with E-state index in [0.717, 1.165) is 0 Å². The van der Waals surface area contributed by atoms with E-state index in [1.54, 1.807) is 19.1 Å². The Kier molecular flexibility index (Phi) is 6.42. The van der Waals surface area contributed by atoms with Crippen LogP contribution in [0.25, 0.3) is 0 Å². The quantitative estimate of drug-likeness (QED) is 0.413. The van der Waals surface area contributed by atoms with Crippen molar-refractivity contribution in [3.8, 4) is 5.75 Å². The third-order valence-electron chi connectivity index (χ3n) is 3.10. The highest BCUT2D eigenvalue weighted by Gasteiger charge is 2.12. The lowest BCUT2D eigenvalue weighted by atomic mass is 10.1. The van der Waals surface area contributed by atoms with Gasteiger partial charge in [-0.25, -0.2) is 8.42 Å². The highest BCUT2D eigenvalue weighted by Crippen LogP contribution is 2.23. The van der Waals surface area contributed by atoms with Crippen LogP contribution in [0, 0.1) is 23.0 Å². The number of halogens is 1. The highest BCUT2D eigenvalue weighted by atomic mass is 35.7. The summed E-state index contributed by atoms with van der Waals surface area (Å²) in [5, 5.41) is 10.7. The number of nitrogens with zero attached hydrogens (tertiary/aromatic N) is 1. The molecule has 21 heavy (non-hydrogen) atoms. The van der Waals surface area contributed by atoms with Crippen LogP contribution in [0.3, 0.4) is 0 Å². The summed E-state index contributed by atoms with van der Waals surface area (Å²) >= 11 is 0.